The van der Waals surface area contributed by atoms with Crippen LogP contribution in [0.25, 0.3) is 0 Å². The Kier molecular flexibility index (Phi) is 3.68. The number of hydrogen-bond donors (Lipinski definition) is 1. The van der Waals surface area contributed by atoms with Crippen LogP contribution in [-0.4, -0.2) is 21.7 Å². The van der Waals surface area contributed by atoms with Crippen molar-refractivity contribution < 1.29 is 9.59 Å². The van der Waals surface area contributed by atoms with Crippen LogP contribution in [0.5, 0.6) is 0 Å². The molecule has 0 saturated carbocycles. The van der Waals surface area contributed by atoms with Crippen LogP contribution >= 0.6 is 0 Å². The summed E-state index contributed by atoms with van der Waals surface area (Å²) in [7, 11) is 0. The summed E-state index contributed by atoms with van der Waals surface area (Å²) >= 11 is 0. The van der Waals surface area contributed by atoms with Crippen LogP contribution in [0.1, 0.15) is 17.3 Å². The number of hydrazine groups is 1. The van der Waals surface area contributed by atoms with E-state index in [0.717, 1.165) is 5.01 Å². The molecule has 1 aliphatic carbocycles. The molecule has 2 N–H and O–H groups in total. The highest BCUT2D eigenvalue weighted by molar-refractivity contribution is 6.11. The molecule has 1 aromatic rings. The monoisotopic (exact) mass is 255 g/mol. The average molecular weight is 255 g/mol. The minimum absolute atomic E-state index is 0.138. The summed E-state index contributed by atoms with van der Waals surface area (Å²) in [6.45, 7) is 1.71. The summed E-state index contributed by atoms with van der Waals surface area (Å²) < 4.78 is 0. The largest absolute Gasteiger partial charge is 0.289 e. The van der Waals surface area contributed by atoms with Gasteiger partial charge in [-0.3, -0.25) is 19.6 Å². The van der Waals surface area contributed by atoms with Crippen LogP contribution in [-0.2, 0) is 4.79 Å². The first-order valence-corrected chi connectivity index (χ1v) is 5.69. The molecule has 19 heavy (non-hydrogen) atoms. The number of nitrogens with zero attached hydrogens (tertiary/aromatic N) is 2. The number of carbonyl (C=O) groups is 2. The Morgan fingerprint density at radius 3 is 2.74 bits per heavy atom. The fourth-order valence-corrected chi connectivity index (χ4v) is 1.63. The number of rotatable bonds is 2. The molecule has 5 nitrogen and oxygen atoms in total. The molecule has 0 atom stereocenters. The zero-order valence-electron chi connectivity index (χ0n) is 10.4. The van der Waals surface area contributed by atoms with Crippen molar-refractivity contribution in [2.45, 2.75) is 6.92 Å². The van der Waals surface area contributed by atoms with Gasteiger partial charge in [0.1, 0.15) is 0 Å². The van der Waals surface area contributed by atoms with Crippen LogP contribution in [0, 0.1) is 0 Å². The Morgan fingerprint density at radius 1 is 1.37 bits per heavy atom. The Labute approximate surface area is 110 Å². The first kappa shape index (κ1) is 12.9. The number of aromatic nitrogens is 1. The fourth-order valence-electron chi connectivity index (χ4n) is 1.63. The molecule has 1 aromatic heterocycles. The zero-order chi connectivity index (χ0) is 13.8. The van der Waals surface area contributed by atoms with E-state index >= 15 is 0 Å². The molecule has 0 bridgehead atoms. The van der Waals surface area contributed by atoms with E-state index in [2.05, 4.69) is 4.98 Å². The molecule has 0 aromatic carbocycles. The van der Waals surface area contributed by atoms with E-state index in [1.165, 1.54) is 18.6 Å². The normalized spacial score (nSPS) is 16.4. The van der Waals surface area contributed by atoms with Gasteiger partial charge in [0.2, 0.25) is 0 Å². The predicted molar refractivity (Wildman–Crippen MR) is 70.6 cm³/mol. The van der Waals surface area contributed by atoms with E-state index in [-0.39, 0.29) is 5.78 Å². The molecule has 5 heteroatoms. The Balaban J connectivity index is 2.20. The third-order valence-electron chi connectivity index (χ3n) is 2.68. The number of hydrogen-bond acceptors (Lipinski definition) is 4. The van der Waals surface area contributed by atoms with Crippen molar-refractivity contribution in [2.75, 3.05) is 0 Å². The standard InChI is InChI=1S/C14H13N3O2/c1-10-3-2-4-12(13(10)18)9-17(15)14(19)11-5-7-16-8-6-11/h2-9H,15H2,1H3. The molecule has 96 valence electrons. The van der Waals surface area contributed by atoms with Crippen molar-refractivity contribution in [3.8, 4) is 0 Å². The maximum atomic E-state index is 12.0. The number of allylic oxidation sites excluding steroid dienone is 5. The summed E-state index contributed by atoms with van der Waals surface area (Å²) in [5.74, 6) is 5.13. The number of amides is 1. The van der Waals surface area contributed by atoms with E-state index in [1.54, 1.807) is 37.3 Å². The highest BCUT2D eigenvalue weighted by atomic mass is 16.2. The third kappa shape index (κ3) is 2.83. The summed E-state index contributed by atoms with van der Waals surface area (Å²) in [6.07, 6.45) is 9.42. The smallest absolute Gasteiger partial charge is 0.272 e. The molecule has 0 fully saturated rings. The average Bonchev–Trinajstić information content (AvgIpc) is 2.44. The van der Waals surface area contributed by atoms with Gasteiger partial charge < -0.3 is 0 Å². The van der Waals surface area contributed by atoms with Crippen molar-refractivity contribution in [3.05, 3.63) is 65.7 Å². The number of carbonyl (C=O) groups excluding carboxylic acids is 2. The van der Waals surface area contributed by atoms with Crippen molar-refractivity contribution >= 4 is 11.7 Å². The van der Waals surface area contributed by atoms with E-state index in [1.807, 2.05) is 0 Å². The number of pyridine rings is 1. The first-order chi connectivity index (χ1) is 9.09. The van der Waals surface area contributed by atoms with Gasteiger partial charge in [-0.2, -0.15) is 0 Å². The van der Waals surface area contributed by atoms with Gasteiger partial charge in [0.15, 0.2) is 5.78 Å². The Bertz CT molecular complexity index is 600. The molecule has 0 aliphatic heterocycles. The highest BCUT2D eigenvalue weighted by Crippen LogP contribution is 2.14. The van der Waals surface area contributed by atoms with Crippen LogP contribution in [0.2, 0.25) is 0 Å². The highest BCUT2D eigenvalue weighted by Gasteiger charge is 2.16. The SMILES string of the molecule is CC1=CC=CC(=CN(N)C(=O)c2ccncc2)C1=O. The maximum absolute atomic E-state index is 12.0. The predicted octanol–water partition coefficient (Wildman–Crippen LogP) is 1.37. The van der Waals surface area contributed by atoms with Gasteiger partial charge >= 0.3 is 0 Å². The van der Waals surface area contributed by atoms with Gasteiger partial charge in [-0.15, -0.1) is 0 Å². The Hall–Kier alpha value is -2.53. The van der Waals surface area contributed by atoms with Gasteiger partial charge in [0, 0.05) is 29.7 Å². The quantitative estimate of drug-likeness (QED) is 0.375. The second kappa shape index (κ2) is 5.41. The lowest BCUT2D eigenvalue weighted by Gasteiger charge is -2.14. The molecule has 0 unspecified atom stereocenters. The van der Waals surface area contributed by atoms with E-state index in [9.17, 15) is 9.59 Å². The second-order valence-corrected chi connectivity index (χ2v) is 4.07. The first-order valence-electron chi connectivity index (χ1n) is 5.69. The van der Waals surface area contributed by atoms with Crippen molar-refractivity contribution in [2.24, 2.45) is 5.84 Å². The molecule has 0 radical (unpaired) electrons. The van der Waals surface area contributed by atoms with Crippen LogP contribution in [0.3, 0.4) is 0 Å². The van der Waals surface area contributed by atoms with Crippen LogP contribution < -0.4 is 5.84 Å². The fraction of sp³-hybridized carbons (Fsp3) is 0.0714. The second-order valence-electron chi connectivity index (χ2n) is 4.07. The molecular formula is C14H13N3O2. The topological polar surface area (TPSA) is 76.3 Å². The van der Waals surface area contributed by atoms with Crippen LogP contribution in [0.15, 0.2) is 60.1 Å². The zero-order valence-corrected chi connectivity index (χ0v) is 10.4. The van der Waals surface area contributed by atoms with Crippen molar-refractivity contribution in [1.82, 2.24) is 9.99 Å². The summed E-state index contributed by atoms with van der Waals surface area (Å²) in [5.41, 5.74) is 1.40. The van der Waals surface area contributed by atoms with E-state index < -0.39 is 5.91 Å². The van der Waals surface area contributed by atoms with Crippen LogP contribution in [0.4, 0.5) is 0 Å². The van der Waals surface area contributed by atoms with E-state index in [4.69, 9.17) is 5.84 Å². The maximum Gasteiger partial charge on any atom is 0.272 e. The van der Waals surface area contributed by atoms with Gasteiger partial charge in [0.05, 0.1) is 0 Å². The van der Waals surface area contributed by atoms with Crippen molar-refractivity contribution in [1.29, 1.82) is 0 Å². The summed E-state index contributed by atoms with van der Waals surface area (Å²) in [5, 5.41) is 0.908. The van der Waals surface area contributed by atoms with E-state index in [0.29, 0.717) is 16.7 Å². The van der Waals surface area contributed by atoms with Crippen molar-refractivity contribution in [3.63, 3.8) is 0 Å². The molecule has 1 heterocycles. The minimum atomic E-state index is -0.400. The van der Waals surface area contributed by atoms with Gasteiger partial charge in [-0.25, -0.2) is 5.84 Å². The molecule has 0 spiro atoms. The Morgan fingerprint density at radius 2 is 2.05 bits per heavy atom. The molecule has 1 aliphatic rings. The lowest BCUT2D eigenvalue weighted by molar-refractivity contribution is -0.112. The lowest BCUT2D eigenvalue weighted by atomic mass is 10.0. The molecule has 0 saturated heterocycles. The third-order valence-corrected chi connectivity index (χ3v) is 2.68. The van der Waals surface area contributed by atoms with Gasteiger partial charge in [0.25, 0.3) is 5.91 Å². The summed E-state index contributed by atoms with van der Waals surface area (Å²) in [6, 6.07) is 3.12. The van der Waals surface area contributed by atoms with Gasteiger partial charge in [-0.05, 0) is 30.7 Å². The summed E-state index contributed by atoms with van der Waals surface area (Å²) in [4.78, 5) is 27.6. The minimum Gasteiger partial charge on any atom is -0.289 e. The number of Topliss-reactive ketones (excluding diaryl/α,β-unsaturated/α-hetero) is 1. The molecule has 2 rings (SSSR count). The number of nitrogens with two attached hydrogens (primary N) is 1. The molecular weight excluding hydrogens is 242 g/mol. The number of ketones is 1. The van der Waals surface area contributed by atoms with Gasteiger partial charge in [-0.1, -0.05) is 12.2 Å². The molecule has 1 amide bonds. The lowest BCUT2D eigenvalue weighted by Crippen LogP contribution is -2.33.